The van der Waals surface area contributed by atoms with E-state index >= 15 is 0 Å². The van der Waals surface area contributed by atoms with Gasteiger partial charge in [-0.05, 0) is 36.4 Å². The van der Waals surface area contributed by atoms with Crippen LogP contribution in [-0.2, 0) is 0 Å². The molecule has 0 spiro atoms. The number of fused-ring (bicyclic) bond motifs is 1. The lowest BCUT2D eigenvalue weighted by Gasteiger charge is -2.05. The standard InChI is InChI=1S/C15H14BrN3S/c16-11-5-7-12(8-6-11)17-9-10-20-15-18-13-3-1-2-4-14(13)19-15/h1-8,17H,9-10H2,(H,18,19). The molecule has 0 fully saturated rings. The maximum Gasteiger partial charge on any atom is 0.166 e. The maximum atomic E-state index is 4.54. The molecule has 0 radical (unpaired) electrons. The molecule has 3 aromatic rings. The van der Waals surface area contributed by atoms with E-state index in [4.69, 9.17) is 0 Å². The lowest BCUT2D eigenvalue weighted by Crippen LogP contribution is -2.03. The zero-order valence-electron chi connectivity index (χ0n) is 10.8. The van der Waals surface area contributed by atoms with Gasteiger partial charge >= 0.3 is 0 Å². The van der Waals surface area contributed by atoms with E-state index in [-0.39, 0.29) is 0 Å². The predicted molar refractivity (Wildman–Crippen MR) is 89.4 cm³/mol. The molecule has 2 N–H and O–H groups in total. The van der Waals surface area contributed by atoms with E-state index in [1.54, 1.807) is 11.8 Å². The fourth-order valence-corrected chi connectivity index (χ4v) is 2.92. The highest BCUT2D eigenvalue weighted by atomic mass is 79.9. The first-order valence-corrected chi connectivity index (χ1v) is 8.16. The normalized spacial score (nSPS) is 10.8. The van der Waals surface area contributed by atoms with Crippen LogP contribution < -0.4 is 5.32 Å². The van der Waals surface area contributed by atoms with Gasteiger partial charge in [0.05, 0.1) is 11.0 Å². The Morgan fingerprint density at radius 1 is 1.10 bits per heavy atom. The van der Waals surface area contributed by atoms with Crippen molar-refractivity contribution < 1.29 is 0 Å². The number of H-pyrrole nitrogens is 1. The summed E-state index contributed by atoms with van der Waals surface area (Å²) in [6, 6.07) is 16.3. The number of hydrogen-bond acceptors (Lipinski definition) is 3. The van der Waals surface area contributed by atoms with Gasteiger partial charge in [0.1, 0.15) is 0 Å². The summed E-state index contributed by atoms with van der Waals surface area (Å²) in [4.78, 5) is 7.86. The van der Waals surface area contributed by atoms with Crippen molar-refractivity contribution in [3.63, 3.8) is 0 Å². The summed E-state index contributed by atoms with van der Waals surface area (Å²) in [5, 5.41) is 4.37. The molecule has 0 saturated heterocycles. The lowest BCUT2D eigenvalue weighted by atomic mass is 10.3. The van der Waals surface area contributed by atoms with Crippen molar-refractivity contribution in [1.82, 2.24) is 9.97 Å². The third kappa shape index (κ3) is 3.35. The Morgan fingerprint density at radius 2 is 1.90 bits per heavy atom. The van der Waals surface area contributed by atoms with Crippen LogP contribution in [0.25, 0.3) is 11.0 Å². The van der Waals surface area contributed by atoms with Crippen LogP contribution >= 0.6 is 27.7 Å². The summed E-state index contributed by atoms with van der Waals surface area (Å²) < 4.78 is 1.10. The van der Waals surface area contributed by atoms with Crippen LogP contribution in [0.4, 0.5) is 5.69 Å². The van der Waals surface area contributed by atoms with E-state index < -0.39 is 0 Å². The molecule has 3 nitrogen and oxygen atoms in total. The first-order chi connectivity index (χ1) is 9.81. The van der Waals surface area contributed by atoms with Crippen LogP contribution in [0.3, 0.4) is 0 Å². The molecule has 0 aliphatic heterocycles. The zero-order chi connectivity index (χ0) is 13.8. The second-order valence-corrected chi connectivity index (χ2v) is 6.34. The Morgan fingerprint density at radius 3 is 2.70 bits per heavy atom. The van der Waals surface area contributed by atoms with Crippen molar-refractivity contribution in [2.24, 2.45) is 0 Å². The molecule has 0 amide bonds. The SMILES string of the molecule is Brc1ccc(NCCSc2nc3ccccc3[nH]2)cc1. The molecule has 3 rings (SSSR count). The monoisotopic (exact) mass is 347 g/mol. The number of anilines is 1. The minimum absolute atomic E-state index is 0.906. The molecule has 0 unspecified atom stereocenters. The van der Waals surface area contributed by atoms with E-state index in [2.05, 4.69) is 43.3 Å². The van der Waals surface area contributed by atoms with Gasteiger partial charge in [0, 0.05) is 22.5 Å². The molecule has 2 aromatic carbocycles. The number of thioether (sulfide) groups is 1. The third-order valence-corrected chi connectivity index (χ3v) is 4.29. The number of hydrogen-bond donors (Lipinski definition) is 2. The predicted octanol–water partition coefficient (Wildman–Crippen LogP) is 4.53. The van der Waals surface area contributed by atoms with Crippen molar-refractivity contribution in [3.05, 3.63) is 53.0 Å². The van der Waals surface area contributed by atoms with Crippen molar-refractivity contribution in [2.45, 2.75) is 5.16 Å². The number of nitrogens with one attached hydrogen (secondary N) is 2. The number of aromatic amines is 1. The molecule has 102 valence electrons. The van der Waals surface area contributed by atoms with Gasteiger partial charge < -0.3 is 10.3 Å². The van der Waals surface area contributed by atoms with Crippen molar-refractivity contribution in [2.75, 3.05) is 17.6 Å². The maximum absolute atomic E-state index is 4.54. The molecule has 5 heteroatoms. The van der Waals surface area contributed by atoms with Gasteiger partial charge in [0.2, 0.25) is 0 Å². The number of benzene rings is 2. The summed E-state index contributed by atoms with van der Waals surface area (Å²) in [7, 11) is 0. The van der Waals surface area contributed by atoms with Crippen LogP contribution in [-0.4, -0.2) is 22.3 Å². The van der Waals surface area contributed by atoms with E-state index in [9.17, 15) is 0 Å². The molecule has 0 saturated carbocycles. The summed E-state index contributed by atoms with van der Waals surface area (Å²) in [5.41, 5.74) is 3.25. The fraction of sp³-hybridized carbons (Fsp3) is 0.133. The number of para-hydroxylation sites is 2. The molecule has 0 bridgehead atoms. The van der Waals surface area contributed by atoms with Crippen LogP contribution in [0, 0.1) is 0 Å². The van der Waals surface area contributed by atoms with Crippen LogP contribution in [0.2, 0.25) is 0 Å². The Hall–Kier alpha value is -1.46. The van der Waals surface area contributed by atoms with E-state index in [0.717, 1.165) is 38.6 Å². The zero-order valence-corrected chi connectivity index (χ0v) is 13.2. The number of rotatable bonds is 5. The van der Waals surface area contributed by atoms with Gasteiger partial charge in [-0.2, -0.15) is 0 Å². The minimum Gasteiger partial charge on any atom is -0.384 e. The van der Waals surface area contributed by atoms with Gasteiger partial charge in [-0.1, -0.05) is 39.8 Å². The fourth-order valence-electron chi connectivity index (χ4n) is 1.91. The average molecular weight is 348 g/mol. The highest BCUT2D eigenvalue weighted by Crippen LogP contribution is 2.19. The summed E-state index contributed by atoms with van der Waals surface area (Å²) in [6.45, 7) is 0.906. The second-order valence-electron chi connectivity index (χ2n) is 4.34. The molecular formula is C15H14BrN3S. The van der Waals surface area contributed by atoms with Crippen molar-refractivity contribution in [3.8, 4) is 0 Å². The number of aromatic nitrogens is 2. The molecule has 0 aliphatic rings. The topological polar surface area (TPSA) is 40.7 Å². The quantitative estimate of drug-likeness (QED) is 0.526. The first kappa shape index (κ1) is 13.5. The van der Waals surface area contributed by atoms with E-state index in [1.165, 1.54) is 0 Å². The van der Waals surface area contributed by atoms with E-state index in [1.807, 2.05) is 36.4 Å². The molecule has 1 heterocycles. The highest BCUT2D eigenvalue weighted by Gasteiger charge is 2.01. The average Bonchev–Trinajstić information content (AvgIpc) is 2.88. The first-order valence-electron chi connectivity index (χ1n) is 6.38. The van der Waals surface area contributed by atoms with Crippen LogP contribution in [0.1, 0.15) is 0 Å². The molecule has 0 atom stereocenters. The van der Waals surface area contributed by atoms with E-state index in [0.29, 0.717) is 0 Å². The van der Waals surface area contributed by atoms with Crippen LogP contribution in [0.15, 0.2) is 58.2 Å². The largest absolute Gasteiger partial charge is 0.384 e. The van der Waals surface area contributed by atoms with Gasteiger partial charge in [0.15, 0.2) is 5.16 Å². The number of imidazole rings is 1. The van der Waals surface area contributed by atoms with Crippen LogP contribution in [0.5, 0.6) is 0 Å². The number of halogens is 1. The van der Waals surface area contributed by atoms with Crippen molar-refractivity contribution in [1.29, 1.82) is 0 Å². The Bertz CT molecular complexity index is 661. The Balaban J connectivity index is 1.51. The molecule has 1 aromatic heterocycles. The highest BCUT2D eigenvalue weighted by molar-refractivity contribution is 9.10. The van der Waals surface area contributed by atoms with Crippen molar-refractivity contribution >= 4 is 44.4 Å². The molecule has 0 aliphatic carbocycles. The Kier molecular flexibility index (Phi) is 4.28. The van der Waals surface area contributed by atoms with Gasteiger partial charge in [-0.3, -0.25) is 0 Å². The van der Waals surface area contributed by atoms with Gasteiger partial charge in [-0.25, -0.2) is 4.98 Å². The van der Waals surface area contributed by atoms with Gasteiger partial charge in [0.25, 0.3) is 0 Å². The lowest BCUT2D eigenvalue weighted by molar-refractivity contribution is 1.07. The molecule has 20 heavy (non-hydrogen) atoms. The minimum atomic E-state index is 0.906. The third-order valence-electron chi connectivity index (χ3n) is 2.88. The summed E-state index contributed by atoms with van der Waals surface area (Å²) >= 11 is 5.16. The summed E-state index contributed by atoms with van der Waals surface area (Å²) in [5.74, 6) is 0.968. The second kappa shape index (κ2) is 6.33. The smallest absolute Gasteiger partial charge is 0.166 e. The molecular weight excluding hydrogens is 334 g/mol. The Labute approximate surface area is 130 Å². The number of nitrogens with zero attached hydrogens (tertiary/aromatic N) is 1. The van der Waals surface area contributed by atoms with Gasteiger partial charge in [-0.15, -0.1) is 0 Å². The summed E-state index contributed by atoms with van der Waals surface area (Å²) in [6.07, 6.45) is 0.